The van der Waals surface area contributed by atoms with Crippen molar-refractivity contribution in [3.8, 4) is 0 Å². The lowest BCUT2D eigenvalue weighted by molar-refractivity contribution is -0.304. The van der Waals surface area contributed by atoms with Gasteiger partial charge in [-0.15, -0.1) is 0 Å². The molecule has 0 saturated heterocycles. The van der Waals surface area contributed by atoms with Gasteiger partial charge in [0.25, 0.3) is 0 Å². The average Bonchev–Trinajstić information content (AvgIpc) is 2.18. The quantitative estimate of drug-likeness (QED) is 0.802. The van der Waals surface area contributed by atoms with Gasteiger partial charge in [0.05, 0.1) is 12.2 Å². The van der Waals surface area contributed by atoms with Gasteiger partial charge in [0.2, 0.25) is 0 Å². The third kappa shape index (κ3) is 3.32. The standard InChI is InChI=1S/C11H17F5O2/c1-9(2)5-3-4-7(8(9)17)18-6-10(12,13)11(14,15)16/h7-8,17H,3-6H2,1-2H3. The molecule has 18 heavy (non-hydrogen) atoms. The number of rotatable bonds is 3. The fourth-order valence-electron chi connectivity index (χ4n) is 2.04. The summed E-state index contributed by atoms with van der Waals surface area (Å²) in [5.74, 6) is -4.88. The van der Waals surface area contributed by atoms with Gasteiger partial charge in [0.1, 0.15) is 6.61 Å². The molecule has 7 heteroatoms. The molecule has 0 radical (unpaired) electrons. The Morgan fingerprint density at radius 1 is 1.22 bits per heavy atom. The maximum atomic E-state index is 12.7. The van der Waals surface area contributed by atoms with Crippen molar-refractivity contribution in [2.75, 3.05) is 6.61 Å². The summed E-state index contributed by atoms with van der Waals surface area (Å²) in [5, 5.41) is 9.85. The predicted molar refractivity (Wildman–Crippen MR) is 54.4 cm³/mol. The van der Waals surface area contributed by atoms with Gasteiger partial charge in [-0.25, -0.2) is 0 Å². The van der Waals surface area contributed by atoms with Crippen LogP contribution in [0.3, 0.4) is 0 Å². The Hall–Kier alpha value is -0.430. The zero-order chi connectivity index (χ0) is 14.2. The van der Waals surface area contributed by atoms with Crippen molar-refractivity contribution in [3.05, 3.63) is 0 Å². The highest BCUT2D eigenvalue weighted by Gasteiger charge is 2.58. The van der Waals surface area contributed by atoms with Crippen molar-refractivity contribution in [2.45, 2.75) is 57.4 Å². The van der Waals surface area contributed by atoms with Crippen LogP contribution in [0, 0.1) is 5.41 Å². The Balaban J connectivity index is 2.59. The summed E-state index contributed by atoms with van der Waals surface area (Å²) in [7, 11) is 0. The molecule has 2 nitrogen and oxygen atoms in total. The van der Waals surface area contributed by atoms with Crippen LogP contribution in [-0.4, -0.2) is 36.0 Å². The molecule has 2 atom stereocenters. The SMILES string of the molecule is CC1(C)CCCC(OCC(F)(F)C(F)(F)F)C1O. The first kappa shape index (κ1) is 15.6. The molecule has 0 aromatic rings. The molecule has 108 valence electrons. The summed E-state index contributed by atoms with van der Waals surface area (Å²) in [4.78, 5) is 0. The molecule has 1 N–H and O–H groups in total. The number of hydrogen-bond donors (Lipinski definition) is 1. The van der Waals surface area contributed by atoms with Gasteiger partial charge in [0.15, 0.2) is 0 Å². The van der Waals surface area contributed by atoms with Gasteiger partial charge < -0.3 is 9.84 Å². The zero-order valence-electron chi connectivity index (χ0n) is 10.2. The Bertz CT molecular complexity index is 288. The molecule has 0 aliphatic heterocycles. The van der Waals surface area contributed by atoms with Crippen LogP contribution in [-0.2, 0) is 4.74 Å². The largest absolute Gasteiger partial charge is 0.455 e. The first-order valence-electron chi connectivity index (χ1n) is 5.71. The summed E-state index contributed by atoms with van der Waals surface area (Å²) in [6, 6.07) is 0. The summed E-state index contributed by atoms with van der Waals surface area (Å²) in [6.07, 6.45) is -6.02. The van der Waals surface area contributed by atoms with Crippen LogP contribution in [0.1, 0.15) is 33.1 Å². The van der Waals surface area contributed by atoms with Crippen molar-refractivity contribution >= 4 is 0 Å². The summed E-state index contributed by atoms with van der Waals surface area (Å²) in [6.45, 7) is 1.72. The monoisotopic (exact) mass is 276 g/mol. The molecule has 1 fully saturated rings. The van der Waals surface area contributed by atoms with Crippen molar-refractivity contribution < 1.29 is 31.8 Å². The van der Waals surface area contributed by atoms with E-state index >= 15 is 0 Å². The Labute approximate surface area is 102 Å². The van der Waals surface area contributed by atoms with Crippen LogP contribution >= 0.6 is 0 Å². The Kier molecular flexibility index (Phi) is 4.27. The van der Waals surface area contributed by atoms with E-state index < -0.39 is 36.3 Å². The average molecular weight is 276 g/mol. The molecule has 0 heterocycles. The van der Waals surface area contributed by atoms with Gasteiger partial charge in [0, 0.05) is 0 Å². The van der Waals surface area contributed by atoms with Gasteiger partial charge in [-0.1, -0.05) is 20.3 Å². The normalized spacial score (nSPS) is 29.3. The van der Waals surface area contributed by atoms with Crippen LogP contribution < -0.4 is 0 Å². The second kappa shape index (κ2) is 4.92. The van der Waals surface area contributed by atoms with E-state index in [-0.39, 0.29) is 0 Å². The minimum atomic E-state index is -5.62. The molecule has 0 aromatic heterocycles. The van der Waals surface area contributed by atoms with Crippen LogP contribution in [0.5, 0.6) is 0 Å². The predicted octanol–water partition coefficient (Wildman–Crippen LogP) is 3.14. The van der Waals surface area contributed by atoms with Gasteiger partial charge >= 0.3 is 12.1 Å². The van der Waals surface area contributed by atoms with Crippen molar-refractivity contribution in [2.24, 2.45) is 5.41 Å². The van der Waals surface area contributed by atoms with Crippen LogP contribution in [0.2, 0.25) is 0 Å². The number of alkyl halides is 5. The van der Waals surface area contributed by atoms with Crippen molar-refractivity contribution in [1.82, 2.24) is 0 Å². The van der Waals surface area contributed by atoms with Gasteiger partial charge in [-0.3, -0.25) is 0 Å². The number of halogens is 5. The second-order valence-electron chi connectivity index (χ2n) is 5.38. The lowest BCUT2D eigenvalue weighted by Gasteiger charge is -2.40. The molecule has 1 aliphatic rings. The van der Waals surface area contributed by atoms with E-state index in [1.54, 1.807) is 13.8 Å². The second-order valence-corrected chi connectivity index (χ2v) is 5.38. The van der Waals surface area contributed by atoms with E-state index in [1.165, 1.54) is 0 Å². The molecule has 0 aromatic carbocycles. The maximum Gasteiger partial charge on any atom is 0.455 e. The molecular weight excluding hydrogens is 259 g/mol. The fourth-order valence-corrected chi connectivity index (χ4v) is 2.04. The number of hydrogen-bond acceptors (Lipinski definition) is 2. The van der Waals surface area contributed by atoms with Crippen LogP contribution in [0.4, 0.5) is 22.0 Å². The molecule has 1 aliphatic carbocycles. The van der Waals surface area contributed by atoms with E-state index in [1.807, 2.05) is 0 Å². The summed E-state index contributed by atoms with van der Waals surface area (Å²) < 4.78 is 65.8. The summed E-state index contributed by atoms with van der Waals surface area (Å²) >= 11 is 0. The van der Waals surface area contributed by atoms with Gasteiger partial charge in [-0.05, 0) is 18.3 Å². The maximum absolute atomic E-state index is 12.7. The van der Waals surface area contributed by atoms with Crippen molar-refractivity contribution in [1.29, 1.82) is 0 Å². The minimum absolute atomic E-state index is 0.290. The topological polar surface area (TPSA) is 29.5 Å². The van der Waals surface area contributed by atoms with Gasteiger partial charge in [-0.2, -0.15) is 22.0 Å². The molecule has 0 amide bonds. The Morgan fingerprint density at radius 2 is 1.78 bits per heavy atom. The van der Waals surface area contributed by atoms with E-state index in [4.69, 9.17) is 0 Å². The molecule has 2 unspecified atom stereocenters. The number of aliphatic hydroxyl groups is 1. The molecule has 1 saturated carbocycles. The summed E-state index contributed by atoms with van der Waals surface area (Å²) in [5.41, 5.74) is -0.531. The molecular formula is C11H17F5O2. The van der Waals surface area contributed by atoms with Crippen LogP contribution in [0.15, 0.2) is 0 Å². The first-order chi connectivity index (χ1) is 7.97. The third-order valence-corrected chi connectivity index (χ3v) is 3.36. The lowest BCUT2D eigenvalue weighted by Crippen LogP contribution is -2.48. The highest BCUT2D eigenvalue weighted by molar-refractivity contribution is 4.89. The fraction of sp³-hybridized carbons (Fsp3) is 1.00. The number of ether oxygens (including phenoxy) is 1. The third-order valence-electron chi connectivity index (χ3n) is 3.36. The van der Waals surface area contributed by atoms with E-state index in [2.05, 4.69) is 4.74 Å². The van der Waals surface area contributed by atoms with Crippen LogP contribution in [0.25, 0.3) is 0 Å². The highest BCUT2D eigenvalue weighted by atomic mass is 19.4. The molecule has 1 rings (SSSR count). The van der Waals surface area contributed by atoms with E-state index in [0.717, 1.165) is 0 Å². The first-order valence-corrected chi connectivity index (χ1v) is 5.71. The minimum Gasteiger partial charge on any atom is -0.390 e. The van der Waals surface area contributed by atoms with E-state index in [9.17, 15) is 27.1 Å². The molecule has 0 spiro atoms. The van der Waals surface area contributed by atoms with E-state index in [0.29, 0.717) is 19.3 Å². The van der Waals surface area contributed by atoms with Crippen molar-refractivity contribution in [3.63, 3.8) is 0 Å². The smallest absolute Gasteiger partial charge is 0.390 e. The lowest BCUT2D eigenvalue weighted by atomic mass is 9.73. The zero-order valence-corrected chi connectivity index (χ0v) is 10.2. The number of aliphatic hydroxyl groups excluding tert-OH is 1. The molecule has 0 bridgehead atoms. The Morgan fingerprint density at radius 3 is 2.28 bits per heavy atom. The highest BCUT2D eigenvalue weighted by Crippen LogP contribution is 2.39.